The maximum absolute atomic E-state index is 13.4. The Hall–Kier alpha value is -1.46. The van der Waals surface area contributed by atoms with Gasteiger partial charge in [-0.3, -0.25) is 0 Å². The van der Waals surface area contributed by atoms with E-state index < -0.39 is 0 Å². The summed E-state index contributed by atoms with van der Waals surface area (Å²) in [6.45, 7) is 0.598. The molecule has 0 aliphatic heterocycles. The van der Waals surface area contributed by atoms with E-state index >= 15 is 0 Å². The van der Waals surface area contributed by atoms with Crippen LogP contribution in [0.2, 0.25) is 0 Å². The predicted octanol–water partition coefficient (Wildman–Crippen LogP) is 4.81. The summed E-state index contributed by atoms with van der Waals surface area (Å²) >= 11 is 4.78. The van der Waals surface area contributed by atoms with Gasteiger partial charge in [-0.05, 0) is 46.3 Å². The molecule has 0 saturated carbocycles. The number of benzene rings is 2. The van der Waals surface area contributed by atoms with E-state index in [0.29, 0.717) is 11.0 Å². The molecule has 0 radical (unpaired) electrons. The zero-order valence-corrected chi connectivity index (χ0v) is 12.3. The maximum atomic E-state index is 13.4. The van der Waals surface area contributed by atoms with Crippen LogP contribution in [0.5, 0.6) is 0 Å². The fourth-order valence-corrected chi connectivity index (χ4v) is 2.93. The van der Waals surface area contributed by atoms with Gasteiger partial charge in [0.2, 0.25) is 0 Å². The Bertz CT molecular complexity index is 693. The highest BCUT2D eigenvalue weighted by atomic mass is 79.9. The molecular weight excluding hydrogens is 327 g/mol. The minimum Gasteiger partial charge on any atom is -0.378 e. The van der Waals surface area contributed by atoms with Gasteiger partial charge in [-0.2, -0.15) is 0 Å². The second-order valence-corrected chi connectivity index (χ2v) is 6.03. The first kappa shape index (κ1) is 12.6. The number of rotatable bonds is 3. The molecule has 0 aliphatic carbocycles. The number of nitrogens with one attached hydrogen (secondary N) is 1. The highest BCUT2D eigenvalue weighted by Gasteiger charge is 2.04. The first-order valence-corrected chi connectivity index (χ1v) is 7.37. The summed E-state index contributed by atoms with van der Waals surface area (Å²) in [7, 11) is 0. The number of halogens is 2. The lowest BCUT2D eigenvalue weighted by Gasteiger charge is -2.04. The van der Waals surface area contributed by atoms with Gasteiger partial charge in [-0.15, -0.1) is 11.3 Å². The minimum absolute atomic E-state index is 0.269. The highest BCUT2D eigenvalue weighted by molar-refractivity contribution is 9.10. The Morgan fingerprint density at radius 3 is 2.84 bits per heavy atom. The maximum Gasteiger partial charge on any atom is 0.139 e. The fourth-order valence-electron chi connectivity index (χ4n) is 1.78. The van der Waals surface area contributed by atoms with Crippen molar-refractivity contribution in [1.82, 2.24) is 4.98 Å². The van der Waals surface area contributed by atoms with Crippen LogP contribution in [0.15, 0.2) is 46.9 Å². The summed E-state index contributed by atoms with van der Waals surface area (Å²) in [5, 5.41) is 4.17. The van der Waals surface area contributed by atoms with Crippen molar-refractivity contribution in [2.75, 3.05) is 5.32 Å². The smallest absolute Gasteiger partial charge is 0.139 e. The van der Waals surface area contributed by atoms with Gasteiger partial charge in [-0.25, -0.2) is 9.37 Å². The molecule has 0 saturated heterocycles. The van der Waals surface area contributed by atoms with Crippen molar-refractivity contribution in [3.63, 3.8) is 0 Å². The fraction of sp³-hybridized carbons (Fsp3) is 0.0714. The number of hydrogen-bond acceptors (Lipinski definition) is 3. The van der Waals surface area contributed by atoms with Crippen LogP contribution < -0.4 is 5.32 Å². The van der Waals surface area contributed by atoms with E-state index in [1.165, 1.54) is 10.8 Å². The van der Waals surface area contributed by atoms with Crippen LogP contribution in [0.25, 0.3) is 10.2 Å². The standard InChI is InChI=1S/C14H10BrFN2S/c15-10-6-5-9(7-11(10)16)17-8-14-18-12-3-1-2-4-13(12)19-14/h1-7,17H,8H2. The molecule has 0 unspecified atom stereocenters. The molecule has 1 heterocycles. The third-order valence-electron chi connectivity index (χ3n) is 2.70. The topological polar surface area (TPSA) is 24.9 Å². The first-order valence-electron chi connectivity index (χ1n) is 5.76. The molecule has 3 aromatic rings. The molecule has 0 amide bonds. The first-order chi connectivity index (χ1) is 9.22. The molecule has 0 aliphatic rings. The van der Waals surface area contributed by atoms with Crippen molar-refractivity contribution in [2.45, 2.75) is 6.54 Å². The number of thiazole rings is 1. The second kappa shape index (κ2) is 5.27. The molecule has 0 spiro atoms. The molecule has 3 rings (SSSR count). The lowest BCUT2D eigenvalue weighted by atomic mass is 10.3. The molecule has 0 fully saturated rings. The monoisotopic (exact) mass is 336 g/mol. The molecule has 2 aromatic carbocycles. The number of aromatic nitrogens is 1. The predicted molar refractivity (Wildman–Crippen MR) is 81.0 cm³/mol. The van der Waals surface area contributed by atoms with Crippen molar-refractivity contribution in [3.05, 3.63) is 57.8 Å². The molecular formula is C14H10BrFN2S. The van der Waals surface area contributed by atoms with E-state index in [-0.39, 0.29) is 5.82 Å². The van der Waals surface area contributed by atoms with Gasteiger partial charge in [0, 0.05) is 5.69 Å². The summed E-state index contributed by atoms with van der Waals surface area (Å²) in [5.74, 6) is -0.269. The summed E-state index contributed by atoms with van der Waals surface area (Å²) < 4.78 is 15.0. The van der Waals surface area contributed by atoms with Crippen LogP contribution in [-0.4, -0.2) is 4.98 Å². The molecule has 0 atom stereocenters. The molecule has 2 nitrogen and oxygen atoms in total. The number of anilines is 1. The lowest BCUT2D eigenvalue weighted by Crippen LogP contribution is -1.99. The van der Waals surface area contributed by atoms with Gasteiger partial charge in [0.05, 0.1) is 21.2 Å². The minimum atomic E-state index is -0.269. The van der Waals surface area contributed by atoms with Crippen LogP contribution >= 0.6 is 27.3 Å². The third-order valence-corrected chi connectivity index (χ3v) is 4.38. The van der Waals surface area contributed by atoms with Crippen molar-refractivity contribution in [2.24, 2.45) is 0 Å². The summed E-state index contributed by atoms with van der Waals surface area (Å²) in [6.07, 6.45) is 0. The molecule has 1 N–H and O–H groups in total. The molecule has 1 aromatic heterocycles. The normalized spacial score (nSPS) is 10.8. The van der Waals surface area contributed by atoms with E-state index in [1.54, 1.807) is 17.4 Å². The molecule has 19 heavy (non-hydrogen) atoms. The molecule has 96 valence electrons. The van der Waals surface area contributed by atoms with Crippen molar-refractivity contribution >= 4 is 43.2 Å². The Morgan fingerprint density at radius 2 is 2.05 bits per heavy atom. The van der Waals surface area contributed by atoms with Gasteiger partial charge in [0.25, 0.3) is 0 Å². The van der Waals surface area contributed by atoms with E-state index in [9.17, 15) is 4.39 Å². The van der Waals surface area contributed by atoms with Crippen LogP contribution in [0.4, 0.5) is 10.1 Å². The van der Waals surface area contributed by atoms with Gasteiger partial charge in [-0.1, -0.05) is 12.1 Å². The van der Waals surface area contributed by atoms with Crippen LogP contribution in [-0.2, 0) is 6.54 Å². The van der Waals surface area contributed by atoms with E-state index in [0.717, 1.165) is 16.2 Å². The Kier molecular flexibility index (Phi) is 3.48. The highest BCUT2D eigenvalue weighted by Crippen LogP contribution is 2.23. The number of hydrogen-bond donors (Lipinski definition) is 1. The Balaban J connectivity index is 1.76. The number of fused-ring (bicyclic) bond motifs is 1. The van der Waals surface area contributed by atoms with Gasteiger partial charge >= 0.3 is 0 Å². The number of nitrogens with zero attached hydrogens (tertiary/aromatic N) is 1. The number of para-hydroxylation sites is 1. The zero-order chi connectivity index (χ0) is 13.2. The van der Waals surface area contributed by atoms with E-state index in [4.69, 9.17) is 0 Å². The molecule has 0 bridgehead atoms. The largest absolute Gasteiger partial charge is 0.378 e. The zero-order valence-electron chi connectivity index (χ0n) is 9.86. The lowest BCUT2D eigenvalue weighted by molar-refractivity contribution is 0.621. The van der Waals surface area contributed by atoms with Crippen molar-refractivity contribution in [3.8, 4) is 0 Å². The third kappa shape index (κ3) is 2.77. The summed E-state index contributed by atoms with van der Waals surface area (Å²) in [6, 6.07) is 13.0. The summed E-state index contributed by atoms with van der Waals surface area (Å²) in [5.41, 5.74) is 1.76. The SMILES string of the molecule is Fc1cc(NCc2nc3ccccc3s2)ccc1Br. The van der Waals surface area contributed by atoms with Gasteiger partial charge in [0.1, 0.15) is 10.8 Å². The summed E-state index contributed by atoms with van der Waals surface area (Å²) in [4.78, 5) is 4.52. The Labute approximate surface area is 122 Å². The van der Waals surface area contributed by atoms with Crippen LogP contribution in [0.3, 0.4) is 0 Å². The van der Waals surface area contributed by atoms with E-state index in [1.807, 2.05) is 24.3 Å². The van der Waals surface area contributed by atoms with Gasteiger partial charge in [0.15, 0.2) is 0 Å². The second-order valence-electron chi connectivity index (χ2n) is 4.06. The van der Waals surface area contributed by atoms with Crippen molar-refractivity contribution < 1.29 is 4.39 Å². The quantitative estimate of drug-likeness (QED) is 0.742. The Morgan fingerprint density at radius 1 is 1.21 bits per heavy atom. The van der Waals surface area contributed by atoms with Crippen LogP contribution in [0.1, 0.15) is 5.01 Å². The average Bonchev–Trinajstić information content (AvgIpc) is 2.83. The molecule has 5 heteroatoms. The van der Waals surface area contributed by atoms with Crippen molar-refractivity contribution in [1.29, 1.82) is 0 Å². The van der Waals surface area contributed by atoms with E-state index in [2.05, 4.69) is 32.3 Å². The van der Waals surface area contributed by atoms with Gasteiger partial charge < -0.3 is 5.32 Å². The average molecular weight is 337 g/mol. The van der Waals surface area contributed by atoms with Crippen LogP contribution in [0, 0.1) is 5.82 Å².